The molecule has 0 heterocycles. The Balaban J connectivity index is 1.71. The highest BCUT2D eigenvalue weighted by molar-refractivity contribution is 5.19. The zero-order valence-corrected chi connectivity index (χ0v) is 12.5. The quantitative estimate of drug-likeness (QED) is 0.871. The lowest BCUT2D eigenvalue weighted by molar-refractivity contribution is 0.120. The van der Waals surface area contributed by atoms with Gasteiger partial charge in [0.2, 0.25) is 0 Å². The molecule has 3 atom stereocenters. The number of halogens is 2. The van der Waals surface area contributed by atoms with Gasteiger partial charge < -0.3 is 5.32 Å². The number of rotatable bonds is 3. The van der Waals surface area contributed by atoms with Crippen molar-refractivity contribution >= 4 is 0 Å². The van der Waals surface area contributed by atoms with Crippen LogP contribution in [0.15, 0.2) is 18.2 Å². The van der Waals surface area contributed by atoms with E-state index in [4.69, 9.17) is 0 Å². The Morgan fingerprint density at radius 2 is 2.00 bits per heavy atom. The van der Waals surface area contributed by atoms with E-state index in [0.29, 0.717) is 23.6 Å². The van der Waals surface area contributed by atoms with Crippen LogP contribution in [0.3, 0.4) is 0 Å². The molecule has 3 unspecified atom stereocenters. The molecule has 1 N–H and O–H groups in total. The van der Waals surface area contributed by atoms with Crippen molar-refractivity contribution in [1.29, 1.82) is 0 Å². The maximum Gasteiger partial charge on any atom is 0.130 e. The summed E-state index contributed by atoms with van der Waals surface area (Å²) in [7, 11) is 0. The van der Waals surface area contributed by atoms with Gasteiger partial charge >= 0.3 is 0 Å². The molecule has 0 radical (unpaired) electrons. The van der Waals surface area contributed by atoms with E-state index in [1.54, 1.807) is 6.07 Å². The van der Waals surface area contributed by atoms with Gasteiger partial charge in [0.25, 0.3) is 0 Å². The van der Waals surface area contributed by atoms with Crippen molar-refractivity contribution in [2.75, 3.05) is 0 Å². The largest absolute Gasteiger partial charge is 0.309 e. The number of hydrogen-bond donors (Lipinski definition) is 1. The Hall–Kier alpha value is -0.960. The van der Waals surface area contributed by atoms with Gasteiger partial charge in [0, 0.05) is 24.2 Å². The molecular formula is C17H23F2N. The van der Waals surface area contributed by atoms with Gasteiger partial charge in [0.15, 0.2) is 0 Å². The summed E-state index contributed by atoms with van der Waals surface area (Å²) in [5.41, 5.74) is 1.19. The van der Waals surface area contributed by atoms with Crippen molar-refractivity contribution in [3.05, 3.63) is 35.4 Å². The second-order valence-corrected chi connectivity index (χ2v) is 7.28. The lowest BCUT2D eigenvalue weighted by Crippen LogP contribution is -2.44. The molecule has 1 aromatic rings. The maximum absolute atomic E-state index is 13.7. The molecule has 2 bridgehead atoms. The topological polar surface area (TPSA) is 12.0 Å². The van der Waals surface area contributed by atoms with Gasteiger partial charge in [-0.3, -0.25) is 0 Å². The first-order valence-corrected chi connectivity index (χ1v) is 7.52. The van der Waals surface area contributed by atoms with Crippen molar-refractivity contribution < 1.29 is 8.78 Å². The van der Waals surface area contributed by atoms with Crippen LogP contribution in [0.4, 0.5) is 8.78 Å². The van der Waals surface area contributed by atoms with E-state index in [1.165, 1.54) is 25.3 Å². The molecule has 3 rings (SSSR count). The number of benzene rings is 1. The Morgan fingerprint density at radius 3 is 2.55 bits per heavy atom. The average molecular weight is 279 g/mol. The van der Waals surface area contributed by atoms with Gasteiger partial charge in [-0.15, -0.1) is 0 Å². The smallest absolute Gasteiger partial charge is 0.130 e. The van der Waals surface area contributed by atoms with Crippen LogP contribution >= 0.6 is 0 Å². The van der Waals surface area contributed by atoms with Crippen molar-refractivity contribution in [1.82, 2.24) is 5.32 Å². The van der Waals surface area contributed by atoms with E-state index in [0.717, 1.165) is 12.0 Å². The average Bonchev–Trinajstić information content (AvgIpc) is 2.70. The fraction of sp³-hybridized carbons (Fsp3) is 0.647. The molecule has 0 spiro atoms. The molecule has 2 aliphatic carbocycles. The molecule has 0 aromatic heterocycles. The normalized spacial score (nSPS) is 34.6. The standard InChI is InChI=1S/C17H23F2N/c1-16(2)12-6-7-17(16,3)15(8-12)20-10-11-4-5-13(18)9-14(11)19/h4-5,9,12,15,20H,6-8,10H2,1-3H3. The van der Waals surface area contributed by atoms with Crippen LogP contribution in [0, 0.1) is 28.4 Å². The summed E-state index contributed by atoms with van der Waals surface area (Å²) in [5.74, 6) is -0.201. The highest BCUT2D eigenvalue weighted by Gasteiger charge is 2.60. The number of hydrogen-bond acceptors (Lipinski definition) is 1. The Kier molecular flexibility index (Phi) is 3.16. The molecule has 2 aliphatic rings. The third kappa shape index (κ3) is 1.90. The summed E-state index contributed by atoms with van der Waals surface area (Å²) in [4.78, 5) is 0. The van der Waals surface area contributed by atoms with Crippen LogP contribution in [0.2, 0.25) is 0 Å². The predicted molar refractivity (Wildman–Crippen MR) is 76.2 cm³/mol. The fourth-order valence-electron chi connectivity index (χ4n) is 4.41. The first-order valence-electron chi connectivity index (χ1n) is 7.52. The van der Waals surface area contributed by atoms with Gasteiger partial charge in [-0.05, 0) is 42.1 Å². The van der Waals surface area contributed by atoms with Gasteiger partial charge in [0.05, 0.1) is 0 Å². The molecule has 0 saturated heterocycles. The summed E-state index contributed by atoms with van der Waals surface area (Å²) in [6.07, 6.45) is 3.73. The molecule has 2 saturated carbocycles. The lowest BCUT2D eigenvalue weighted by Gasteiger charge is -2.39. The lowest BCUT2D eigenvalue weighted by atomic mass is 9.69. The molecule has 3 heteroatoms. The van der Waals surface area contributed by atoms with Crippen molar-refractivity contribution in [3.63, 3.8) is 0 Å². The molecule has 110 valence electrons. The van der Waals surface area contributed by atoms with Gasteiger partial charge in [-0.25, -0.2) is 8.78 Å². The van der Waals surface area contributed by atoms with E-state index < -0.39 is 11.6 Å². The zero-order valence-electron chi connectivity index (χ0n) is 12.5. The minimum atomic E-state index is -0.515. The van der Waals surface area contributed by atoms with E-state index in [2.05, 4.69) is 26.1 Å². The molecule has 20 heavy (non-hydrogen) atoms. The summed E-state index contributed by atoms with van der Waals surface area (Å²) >= 11 is 0. The molecular weight excluding hydrogens is 256 g/mol. The van der Waals surface area contributed by atoms with Crippen molar-refractivity contribution in [2.45, 2.75) is 52.6 Å². The van der Waals surface area contributed by atoms with Crippen LogP contribution in [0.25, 0.3) is 0 Å². The Bertz CT molecular complexity index is 526. The van der Waals surface area contributed by atoms with Gasteiger partial charge in [-0.1, -0.05) is 26.8 Å². The minimum absolute atomic E-state index is 0.286. The molecule has 2 fully saturated rings. The Labute approximate surface area is 119 Å². The van der Waals surface area contributed by atoms with E-state index in [9.17, 15) is 8.78 Å². The summed E-state index contributed by atoms with van der Waals surface area (Å²) in [6, 6.07) is 4.26. The van der Waals surface area contributed by atoms with Crippen molar-refractivity contribution in [3.8, 4) is 0 Å². The molecule has 1 nitrogen and oxygen atoms in total. The predicted octanol–water partition coefficient (Wildman–Crippen LogP) is 4.27. The summed E-state index contributed by atoms with van der Waals surface area (Å²) in [6.45, 7) is 7.57. The second-order valence-electron chi connectivity index (χ2n) is 7.28. The summed E-state index contributed by atoms with van der Waals surface area (Å²) < 4.78 is 26.6. The second kappa shape index (κ2) is 4.52. The van der Waals surface area contributed by atoms with E-state index >= 15 is 0 Å². The third-order valence-corrected chi connectivity index (χ3v) is 6.35. The third-order valence-electron chi connectivity index (χ3n) is 6.35. The maximum atomic E-state index is 13.7. The van der Waals surface area contributed by atoms with Crippen LogP contribution in [0.1, 0.15) is 45.6 Å². The van der Waals surface area contributed by atoms with Crippen molar-refractivity contribution in [2.24, 2.45) is 16.7 Å². The molecule has 1 aromatic carbocycles. The molecule has 0 aliphatic heterocycles. The minimum Gasteiger partial charge on any atom is -0.309 e. The molecule has 0 amide bonds. The van der Waals surface area contributed by atoms with Crippen LogP contribution in [0.5, 0.6) is 0 Å². The van der Waals surface area contributed by atoms with E-state index in [-0.39, 0.29) is 5.41 Å². The SMILES string of the molecule is CC1(C)C2CCC1(C)C(NCc1ccc(F)cc1F)C2. The van der Waals surface area contributed by atoms with Gasteiger partial charge in [-0.2, -0.15) is 0 Å². The van der Waals surface area contributed by atoms with E-state index in [1.807, 2.05) is 0 Å². The highest BCUT2D eigenvalue weighted by Crippen LogP contribution is 2.65. The summed E-state index contributed by atoms with van der Waals surface area (Å²) in [5, 5.41) is 3.52. The first-order chi connectivity index (χ1) is 9.34. The number of nitrogens with one attached hydrogen (secondary N) is 1. The number of fused-ring (bicyclic) bond motifs is 2. The fourth-order valence-corrected chi connectivity index (χ4v) is 4.41. The van der Waals surface area contributed by atoms with Crippen LogP contribution < -0.4 is 5.32 Å². The Morgan fingerprint density at radius 1 is 1.25 bits per heavy atom. The first kappa shape index (κ1) is 14.0. The monoisotopic (exact) mass is 279 g/mol. The van der Waals surface area contributed by atoms with Crippen LogP contribution in [-0.4, -0.2) is 6.04 Å². The van der Waals surface area contributed by atoms with Gasteiger partial charge in [0.1, 0.15) is 11.6 Å². The zero-order chi connectivity index (χ0) is 14.5. The highest BCUT2D eigenvalue weighted by atomic mass is 19.1. The van der Waals surface area contributed by atoms with Crippen LogP contribution in [-0.2, 0) is 6.54 Å².